The first-order chi connectivity index (χ1) is 22.3. The van der Waals surface area contributed by atoms with Crippen LogP contribution in [0, 0.1) is 0 Å². The Morgan fingerprint density at radius 1 is 0.978 bits per heavy atom. The fourth-order valence-corrected chi connectivity index (χ4v) is 6.98. The Labute approximate surface area is 279 Å². The summed E-state index contributed by atoms with van der Waals surface area (Å²) in [6.45, 7) is 6.26. The second kappa shape index (κ2) is 13.5. The molecule has 7 nitrogen and oxygen atoms in total. The van der Waals surface area contributed by atoms with Gasteiger partial charge in [-0.2, -0.15) is 0 Å². The Kier molecular flexibility index (Phi) is 9.31. The van der Waals surface area contributed by atoms with Crippen LogP contribution >= 0.6 is 34.5 Å². The van der Waals surface area contributed by atoms with E-state index in [0.29, 0.717) is 54.3 Å². The van der Waals surface area contributed by atoms with E-state index >= 15 is 0 Å². The molecule has 0 spiro atoms. The van der Waals surface area contributed by atoms with Crippen molar-refractivity contribution in [2.24, 2.45) is 4.99 Å². The van der Waals surface area contributed by atoms with Gasteiger partial charge >= 0.3 is 5.97 Å². The van der Waals surface area contributed by atoms with Crippen molar-refractivity contribution in [1.82, 2.24) is 4.57 Å². The standard InChI is InChI=1S/C36H30Cl2N2O5S/c1-4-43-29-18-23(17-28(38)33(29)45-20-22-13-15-25(37)16-14-22)19-30-34(41)40-32(27-12-8-10-24-9-6-7-11-26(24)27)31(35(42)44-5-2)21(3)39-36(40)46-30/h6-19,32H,4-5,20H2,1-3H3/b30-19+/t32-/m1/s1. The highest BCUT2D eigenvalue weighted by molar-refractivity contribution is 7.07. The summed E-state index contributed by atoms with van der Waals surface area (Å²) >= 11 is 14.0. The number of allylic oxidation sites excluding steroid dienone is 1. The largest absolute Gasteiger partial charge is 0.490 e. The molecule has 6 rings (SSSR count). The van der Waals surface area contributed by atoms with Crippen molar-refractivity contribution in [2.75, 3.05) is 13.2 Å². The van der Waals surface area contributed by atoms with Gasteiger partial charge < -0.3 is 14.2 Å². The summed E-state index contributed by atoms with van der Waals surface area (Å²) in [6, 6.07) is 23.9. The first-order valence-corrected chi connectivity index (χ1v) is 16.4. The lowest BCUT2D eigenvalue weighted by Gasteiger charge is -2.25. The number of fused-ring (bicyclic) bond motifs is 2. The minimum atomic E-state index is -0.727. The Morgan fingerprint density at radius 2 is 1.74 bits per heavy atom. The van der Waals surface area contributed by atoms with Crippen molar-refractivity contribution in [2.45, 2.75) is 33.4 Å². The molecule has 1 aliphatic rings. The van der Waals surface area contributed by atoms with Crippen molar-refractivity contribution in [3.8, 4) is 11.5 Å². The fourth-order valence-electron chi connectivity index (χ4n) is 5.54. The van der Waals surface area contributed by atoms with E-state index in [4.69, 9.17) is 42.4 Å². The predicted molar refractivity (Wildman–Crippen MR) is 183 cm³/mol. The molecule has 5 aromatic rings. The number of esters is 1. The van der Waals surface area contributed by atoms with E-state index < -0.39 is 12.0 Å². The number of carbonyl (C=O) groups is 1. The second-order valence-electron chi connectivity index (χ2n) is 10.5. The summed E-state index contributed by atoms with van der Waals surface area (Å²) in [5.74, 6) is 0.359. The van der Waals surface area contributed by atoms with Gasteiger partial charge in [0.25, 0.3) is 5.56 Å². The van der Waals surface area contributed by atoms with Gasteiger partial charge in [0.2, 0.25) is 0 Å². The molecule has 234 valence electrons. The number of carbonyl (C=O) groups excluding carboxylic acids is 1. The highest BCUT2D eigenvalue weighted by Gasteiger charge is 2.34. The number of hydrogen-bond acceptors (Lipinski definition) is 7. The van der Waals surface area contributed by atoms with Crippen molar-refractivity contribution in [1.29, 1.82) is 0 Å². The zero-order valence-corrected chi connectivity index (χ0v) is 27.7. The van der Waals surface area contributed by atoms with E-state index in [-0.39, 0.29) is 18.8 Å². The van der Waals surface area contributed by atoms with E-state index in [9.17, 15) is 9.59 Å². The summed E-state index contributed by atoms with van der Waals surface area (Å²) in [5.41, 5.74) is 2.95. The van der Waals surface area contributed by atoms with Crippen LogP contribution in [0.15, 0.2) is 99.9 Å². The number of nitrogens with zero attached hydrogens (tertiary/aromatic N) is 2. The van der Waals surface area contributed by atoms with Crippen LogP contribution in [0.1, 0.15) is 43.5 Å². The Hall–Kier alpha value is -4.37. The lowest BCUT2D eigenvalue weighted by atomic mass is 9.91. The molecule has 0 N–H and O–H groups in total. The quantitative estimate of drug-likeness (QED) is 0.154. The third-order valence-electron chi connectivity index (χ3n) is 7.56. The summed E-state index contributed by atoms with van der Waals surface area (Å²) in [7, 11) is 0. The van der Waals surface area contributed by atoms with Gasteiger partial charge in [0.1, 0.15) is 6.61 Å². The molecule has 0 fully saturated rings. The molecule has 4 aromatic carbocycles. The molecule has 0 saturated heterocycles. The second-order valence-corrected chi connectivity index (χ2v) is 12.4. The highest BCUT2D eigenvalue weighted by Crippen LogP contribution is 2.38. The zero-order chi connectivity index (χ0) is 32.4. The van der Waals surface area contributed by atoms with Gasteiger partial charge in [-0.25, -0.2) is 9.79 Å². The molecular weight excluding hydrogens is 643 g/mol. The molecule has 0 saturated carbocycles. The van der Waals surface area contributed by atoms with Crippen LogP contribution in [-0.4, -0.2) is 23.8 Å². The average Bonchev–Trinajstić information content (AvgIpc) is 3.34. The molecule has 2 heterocycles. The molecule has 1 atom stereocenters. The van der Waals surface area contributed by atoms with Gasteiger partial charge in [-0.15, -0.1) is 0 Å². The topological polar surface area (TPSA) is 79.1 Å². The maximum absolute atomic E-state index is 14.2. The van der Waals surface area contributed by atoms with Gasteiger partial charge in [-0.1, -0.05) is 89.1 Å². The Balaban J connectivity index is 1.46. The summed E-state index contributed by atoms with van der Waals surface area (Å²) in [5, 5.41) is 2.91. The van der Waals surface area contributed by atoms with E-state index in [0.717, 1.165) is 21.9 Å². The van der Waals surface area contributed by atoms with Crippen LogP contribution in [0.4, 0.5) is 0 Å². The van der Waals surface area contributed by atoms with Crippen LogP contribution in [0.25, 0.3) is 16.8 Å². The third kappa shape index (κ3) is 6.20. The summed E-state index contributed by atoms with van der Waals surface area (Å²) in [4.78, 5) is 32.8. The van der Waals surface area contributed by atoms with Crippen LogP contribution in [-0.2, 0) is 16.1 Å². The minimum absolute atomic E-state index is 0.199. The van der Waals surface area contributed by atoms with Crippen LogP contribution in [0.5, 0.6) is 11.5 Å². The molecule has 1 aromatic heterocycles. The van der Waals surface area contributed by atoms with Gasteiger partial charge in [0, 0.05) is 5.02 Å². The van der Waals surface area contributed by atoms with Gasteiger partial charge in [-0.3, -0.25) is 9.36 Å². The van der Waals surface area contributed by atoms with Crippen molar-refractivity contribution in [3.63, 3.8) is 0 Å². The number of thiazole rings is 1. The maximum Gasteiger partial charge on any atom is 0.338 e. The fraction of sp³-hybridized carbons (Fsp3) is 0.194. The molecular formula is C36H30Cl2N2O5S. The molecule has 0 unspecified atom stereocenters. The highest BCUT2D eigenvalue weighted by atomic mass is 35.5. The van der Waals surface area contributed by atoms with E-state index in [1.807, 2.05) is 61.5 Å². The zero-order valence-electron chi connectivity index (χ0n) is 25.4. The lowest BCUT2D eigenvalue weighted by Crippen LogP contribution is -2.40. The average molecular weight is 674 g/mol. The first-order valence-electron chi connectivity index (χ1n) is 14.8. The van der Waals surface area contributed by atoms with Crippen molar-refractivity contribution < 1.29 is 19.0 Å². The molecule has 10 heteroatoms. The number of hydrogen-bond donors (Lipinski definition) is 0. The molecule has 0 bridgehead atoms. The Bertz CT molecular complexity index is 2160. The van der Waals surface area contributed by atoms with Crippen LogP contribution in [0.2, 0.25) is 10.0 Å². The van der Waals surface area contributed by atoms with Crippen LogP contribution in [0.3, 0.4) is 0 Å². The van der Waals surface area contributed by atoms with Gasteiger partial charge in [0.05, 0.1) is 40.1 Å². The van der Waals surface area contributed by atoms with Gasteiger partial charge in [0.15, 0.2) is 16.3 Å². The number of aromatic nitrogens is 1. The van der Waals surface area contributed by atoms with E-state index in [2.05, 4.69) is 0 Å². The molecule has 1 aliphatic heterocycles. The summed E-state index contributed by atoms with van der Waals surface area (Å²) in [6.07, 6.45) is 1.75. The molecule has 0 amide bonds. The monoisotopic (exact) mass is 672 g/mol. The number of ether oxygens (including phenoxy) is 3. The van der Waals surface area contributed by atoms with Crippen LogP contribution < -0.4 is 24.4 Å². The number of benzene rings is 4. The smallest absolute Gasteiger partial charge is 0.338 e. The number of rotatable bonds is 9. The van der Waals surface area contributed by atoms with E-state index in [1.165, 1.54) is 11.3 Å². The van der Waals surface area contributed by atoms with Crippen molar-refractivity contribution >= 4 is 57.4 Å². The first kappa shape index (κ1) is 31.6. The lowest BCUT2D eigenvalue weighted by molar-refractivity contribution is -0.139. The SMILES string of the molecule is CCOC(=O)C1=C(C)N=c2s/c(=C/c3cc(Cl)c(OCc4ccc(Cl)cc4)c(OCC)c3)c(=O)n2[C@@H]1c1cccc2ccccc12. The summed E-state index contributed by atoms with van der Waals surface area (Å²) < 4.78 is 19.4. The molecule has 0 aliphatic carbocycles. The van der Waals surface area contributed by atoms with Crippen molar-refractivity contribution in [3.05, 3.63) is 137 Å². The normalized spacial score (nSPS) is 14.6. The van der Waals surface area contributed by atoms with E-state index in [1.54, 1.807) is 48.8 Å². The molecule has 0 radical (unpaired) electrons. The third-order valence-corrected chi connectivity index (χ3v) is 9.08. The predicted octanol–water partition coefficient (Wildman–Crippen LogP) is 7.24. The Morgan fingerprint density at radius 3 is 2.50 bits per heavy atom. The maximum atomic E-state index is 14.2. The molecule has 46 heavy (non-hydrogen) atoms. The number of halogens is 2. The van der Waals surface area contributed by atoms with Gasteiger partial charge in [-0.05, 0) is 78.6 Å². The minimum Gasteiger partial charge on any atom is -0.490 e.